The normalized spacial score (nSPS) is 10.7. The van der Waals surface area contributed by atoms with Gasteiger partial charge in [-0.3, -0.25) is 0 Å². The molecule has 3 aromatic rings. The largest absolute Gasteiger partial charge is 0.234 e. The molecule has 0 saturated carbocycles. The molecule has 1 aromatic carbocycles. The van der Waals surface area contributed by atoms with Crippen LogP contribution in [0.25, 0.3) is 22.4 Å². The first kappa shape index (κ1) is 8.43. The minimum Gasteiger partial charge on any atom is -0.234 e. The van der Waals surface area contributed by atoms with Crippen molar-refractivity contribution in [2.75, 3.05) is 0 Å². The van der Waals surface area contributed by atoms with E-state index >= 15 is 0 Å². The first-order valence-corrected chi connectivity index (χ1v) is 5.26. The highest BCUT2D eigenvalue weighted by Crippen LogP contribution is 2.16. The molecule has 0 atom stereocenters. The summed E-state index contributed by atoms with van der Waals surface area (Å²) in [6.45, 7) is 0. The van der Waals surface area contributed by atoms with Gasteiger partial charge >= 0.3 is 0 Å². The van der Waals surface area contributed by atoms with Crippen LogP contribution in [0.15, 0.2) is 35.8 Å². The van der Waals surface area contributed by atoms with Gasteiger partial charge in [-0.2, -0.15) is 0 Å². The molecule has 72 valence electrons. The summed E-state index contributed by atoms with van der Waals surface area (Å²) in [6.07, 6.45) is 1.80. The summed E-state index contributed by atoms with van der Waals surface area (Å²) in [5, 5.41) is 6.81. The number of benzene rings is 1. The Morgan fingerprint density at radius 3 is 2.93 bits per heavy atom. The second-order valence-electron chi connectivity index (χ2n) is 3.04. The van der Waals surface area contributed by atoms with Gasteiger partial charge in [-0.15, -0.1) is 5.10 Å². The highest BCUT2D eigenvalue weighted by atomic mass is 32.1. The molecule has 0 aliphatic rings. The first-order valence-electron chi connectivity index (χ1n) is 4.43. The van der Waals surface area contributed by atoms with Gasteiger partial charge in [0.15, 0.2) is 5.82 Å². The van der Waals surface area contributed by atoms with Gasteiger partial charge in [0.05, 0.1) is 5.52 Å². The maximum atomic E-state index is 4.41. The number of hydrogen-bond acceptors (Lipinski definition) is 5. The fourth-order valence-electron chi connectivity index (χ4n) is 1.36. The summed E-state index contributed by atoms with van der Waals surface area (Å²) >= 11 is 1.30. The van der Waals surface area contributed by atoms with E-state index in [-0.39, 0.29) is 0 Å². The zero-order chi connectivity index (χ0) is 10.1. The molecule has 5 heteroatoms. The highest BCUT2D eigenvalue weighted by Gasteiger charge is 2.04. The van der Waals surface area contributed by atoms with E-state index < -0.39 is 0 Å². The van der Waals surface area contributed by atoms with Crippen LogP contribution >= 0.6 is 11.5 Å². The fourth-order valence-corrected chi connectivity index (χ4v) is 1.79. The number of hydrogen-bond donors (Lipinski definition) is 0. The van der Waals surface area contributed by atoms with Crippen LogP contribution in [0.1, 0.15) is 0 Å². The Morgan fingerprint density at radius 1 is 1.13 bits per heavy atom. The second kappa shape index (κ2) is 3.36. The molecule has 0 aliphatic heterocycles. The predicted molar refractivity (Wildman–Crippen MR) is 58.4 cm³/mol. The molecule has 2 heterocycles. The van der Waals surface area contributed by atoms with Gasteiger partial charge in [0.1, 0.15) is 5.69 Å². The molecule has 0 amide bonds. The molecular weight excluding hydrogens is 208 g/mol. The summed E-state index contributed by atoms with van der Waals surface area (Å²) in [5.74, 6) is 0.627. The molecular formula is C10H6N4S. The van der Waals surface area contributed by atoms with Crippen molar-refractivity contribution >= 4 is 22.4 Å². The van der Waals surface area contributed by atoms with Crippen LogP contribution in [-0.2, 0) is 0 Å². The van der Waals surface area contributed by atoms with Gasteiger partial charge in [-0.05, 0) is 17.6 Å². The Hall–Kier alpha value is -1.88. The van der Waals surface area contributed by atoms with Crippen molar-refractivity contribution in [1.82, 2.24) is 19.6 Å². The van der Waals surface area contributed by atoms with Crippen LogP contribution in [0.4, 0.5) is 0 Å². The van der Waals surface area contributed by atoms with Gasteiger partial charge in [0, 0.05) is 17.0 Å². The van der Waals surface area contributed by atoms with Crippen molar-refractivity contribution < 1.29 is 0 Å². The lowest BCUT2D eigenvalue weighted by molar-refractivity contribution is 1.11. The molecule has 3 rings (SSSR count). The lowest BCUT2D eigenvalue weighted by atomic mass is 10.2. The van der Waals surface area contributed by atoms with Crippen molar-refractivity contribution in [3.8, 4) is 11.5 Å². The van der Waals surface area contributed by atoms with Crippen LogP contribution in [-0.4, -0.2) is 19.6 Å². The topological polar surface area (TPSA) is 51.6 Å². The molecule has 0 radical (unpaired) electrons. The number of fused-ring (bicyclic) bond motifs is 1. The van der Waals surface area contributed by atoms with Gasteiger partial charge in [0.2, 0.25) is 0 Å². The average Bonchev–Trinajstić information content (AvgIpc) is 2.82. The fraction of sp³-hybridized carbons (Fsp3) is 0. The van der Waals surface area contributed by atoms with Crippen LogP contribution in [0.5, 0.6) is 0 Å². The van der Waals surface area contributed by atoms with Gasteiger partial charge < -0.3 is 0 Å². The summed E-state index contributed by atoms with van der Waals surface area (Å²) in [7, 11) is 0. The van der Waals surface area contributed by atoms with Gasteiger partial charge in [0.25, 0.3) is 0 Å². The maximum absolute atomic E-state index is 4.41. The highest BCUT2D eigenvalue weighted by molar-refractivity contribution is 7.03. The molecule has 4 nitrogen and oxygen atoms in total. The smallest absolute Gasteiger partial charge is 0.181 e. The third-order valence-electron chi connectivity index (χ3n) is 2.08. The first-order chi connectivity index (χ1) is 7.43. The Bertz CT molecular complexity index is 591. The number of nitrogens with zero attached hydrogens (tertiary/aromatic N) is 4. The molecule has 15 heavy (non-hydrogen) atoms. The summed E-state index contributed by atoms with van der Waals surface area (Å²) < 4.78 is 3.79. The zero-order valence-electron chi connectivity index (χ0n) is 7.66. The van der Waals surface area contributed by atoms with Gasteiger partial charge in [-0.1, -0.05) is 22.7 Å². The molecule has 0 unspecified atom stereocenters. The summed E-state index contributed by atoms with van der Waals surface area (Å²) in [6, 6.07) is 7.87. The lowest BCUT2D eigenvalue weighted by Gasteiger charge is -1.97. The lowest BCUT2D eigenvalue weighted by Crippen LogP contribution is -1.89. The monoisotopic (exact) mass is 214 g/mol. The van der Waals surface area contributed by atoms with E-state index in [2.05, 4.69) is 19.6 Å². The van der Waals surface area contributed by atoms with Crippen LogP contribution in [0.3, 0.4) is 0 Å². The van der Waals surface area contributed by atoms with Crippen molar-refractivity contribution in [3.63, 3.8) is 0 Å². The SMILES string of the molecule is c1ccc2nc(-c3csnn3)ncc2c1. The molecule has 0 spiro atoms. The Balaban J connectivity index is 2.22. The molecule has 0 N–H and O–H groups in total. The number of para-hydroxylation sites is 1. The molecule has 2 aromatic heterocycles. The molecule has 0 fully saturated rings. The van der Waals surface area contributed by atoms with E-state index in [4.69, 9.17) is 0 Å². The van der Waals surface area contributed by atoms with Crippen molar-refractivity contribution in [3.05, 3.63) is 35.8 Å². The minimum atomic E-state index is 0.627. The standard InChI is InChI=1S/C10H6N4S/c1-2-4-8-7(3-1)5-11-10(12-8)9-6-15-14-13-9/h1-6H. The van der Waals surface area contributed by atoms with E-state index in [9.17, 15) is 0 Å². The van der Waals surface area contributed by atoms with Crippen molar-refractivity contribution in [2.45, 2.75) is 0 Å². The maximum Gasteiger partial charge on any atom is 0.181 e. The van der Waals surface area contributed by atoms with E-state index in [1.165, 1.54) is 11.5 Å². The number of rotatable bonds is 1. The zero-order valence-corrected chi connectivity index (χ0v) is 8.48. The quantitative estimate of drug-likeness (QED) is 0.622. The van der Waals surface area contributed by atoms with Crippen LogP contribution in [0.2, 0.25) is 0 Å². The van der Waals surface area contributed by atoms with E-state index in [0.29, 0.717) is 5.82 Å². The third kappa shape index (κ3) is 1.46. The third-order valence-corrected chi connectivity index (χ3v) is 2.58. The minimum absolute atomic E-state index is 0.627. The van der Waals surface area contributed by atoms with Gasteiger partial charge in [-0.25, -0.2) is 9.97 Å². The molecule has 0 aliphatic carbocycles. The Morgan fingerprint density at radius 2 is 2.07 bits per heavy atom. The average molecular weight is 214 g/mol. The molecule has 0 saturated heterocycles. The van der Waals surface area contributed by atoms with Crippen LogP contribution in [0, 0.1) is 0 Å². The van der Waals surface area contributed by atoms with E-state index in [1.54, 1.807) is 6.20 Å². The van der Waals surface area contributed by atoms with E-state index in [1.807, 2.05) is 29.6 Å². The van der Waals surface area contributed by atoms with Crippen molar-refractivity contribution in [2.24, 2.45) is 0 Å². The van der Waals surface area contributed by atoms with E-state index in [0.717, 1.165) is 16.6 Å². The Labute approximate surface area is 89.8 Å². The second-order valence-corrected chi connectivity index (χ2v) is 3.65. The number of aromatic nitrogens is 4. The summed E-state index contributed by atoms with van der Waals surface area (Å²) in [5.41, 5.74) is 1.65. The Kier molecular flexibility index (Phi) is 1.89. The van der Waals surface area contributed by atoms with Crippen LogP contribution < -0.4 is 0 Å². The molecule has 0 bridgehead atoms. The predicted octanol–water partition coefficient (Wildman–Crippen LogP) is 2.15. The summed E-state index contributed by atoms with van der Waals surface area (Å²) in [4.78, 5) is 8.65. The van der Waals surface area contributed by atoms with Crippen molar-refractivity contribution in [1.29, 1.82) is 0 Å².